The molecule has 0 heterocycles. The van der Waals surface area contributed by atoms with Crippen LogP contribution in [0.2, 0.25) is 0 Å². The molecule has 0 amide bonds. The maximum absolute atomic E-state index is 5.29. The highest BCUT2D eigenvalue weighted by atomic mass is 14.7. The Kier molecular flexibility index (Phi) is 3.76. The van der Waals surface area contributed by atoms with Crippen molar-refractivity contribution < 1.29 is 0 Å². The lowest BCUT2D eigenvalue weighted by atomic mass is 10.3. The molecule has 0 radical (unpaired) electrons. The summed E-state index contributed by atoms with van der Waals surface area (Å²) in [6.45, 7) is 7.59. The molecule has 2 N–H and O–H groups in total. The Labute approximate surface area is 56.5 Å². The highest BCUT2D eigenvalue weighted by Crippen LogP contribution is 1.87. The van der Waals surface area contributed by atoms with E-state index in [-0.39, 0.29) is 0 Å². The molecule has 0 aliphatic heterocycles. The van der Waals surface area contributed by atoms with E-state index in [0.717, 1.165) is 0 Å². The van der Waals surface area contributed by atoms with Gasteiger partial charge in [-0.1, -0.05) is 6.58 Å². The number of nitrogens with zero attached hydrogens (tertiary/aromatic N) is 1. The van der Waals surface area contributed by atoms with Crippen molar-refractivity contribution in [3.8, 4) is 0 Å². The van der Waals surface area contributed by atoms with E-state index in [1.165, 1.54) is 0 Å². The maximum Gasteiger partial charge on any atom is 0.0439 e. The Morgan fingerprint density at radius 1 is 1.78 bits per heavy atom. The second-order valence-corrected chi connectivity index (χ2v) is 2.29. The molecule has 52 valence electrons. The third-order valence-electron chi connectivity index (χ3n) is 0.757. The van der Waals surface area contributed by atoms with Crippen LogP contribution < -0.4 is 5.73 Å². The summed E-state index contributed by atoms with van der Waals surface area (Å²) in [4.78, 5) is 4.10. The highest BCUT2D eigenvalue weighted by molar-refractivity contribution is 5.60. The van der Waals surface area contributed by atoms with Crippen molar-refractivity contribution in [3.63, 3.8) is 0 Å². The molecule has 0 saturated carbocycles. The van der Waals surface area contributed by atoms with Crippen LogP contribution in [0.5, 0.6) is 0 Å². The summed E-state index contributed by atoms with van der Waals surface area (Å²) in [5.74, 6) is 0. The minimum atomic E-state index is 0.365. The molecule has 0 spiro atoms. The van der Waals surface area contributed by atoms with Crippen LogP contribution >= 0.6 is 0 Å². The molecule has 0 saturated heterocycles. The van der Waals surface area contributed by atoms with Gasteiger partial charge < -0.3 is 5.73 Å². The molecular weight excluding hydrogens is 112 g/mol. The Bertz CT molecular complexity index is 114. The normalized spacial score (nSPS) is 11.0. The molecule has 2 nitrogen and oxygen atoms in total. The van der Waals surface area contributed by atoms with Crippen molar-refractivity contribution in [2.75, 3.05) is 0 Å². The summed E-state index contributed by atoms with van der Waals surface area (Å²) < 4.78 is 0. The van der Waals surface area contributed by atoms with Gasteiger partial charge in [0.25, 0.3) is 0 Å². The van der Waals surface area contributed by atoms with Crippen LogP contribution in [0.4, 0.5) is 0 Å². The predicted molar refractivity (Wildman–Crippen MR) is 41.6 cm³/mol. The van der Waals surface area contributed by atoms with Crippen molar-refractivity contribution in [3.05, 3.63) is 12.3 Å². The van der Waals surface area contributed by atoms with Crippen LogP contribution in [0.3, 0.4) is 0 Å². The largest absolute Gasteiger partial charge is 0.402 e. The Morgan fingerprint density at radius 3 is 2.67 bits per heavy atom. The summed E-state index contributed by atoms with van der Waals surface area (Å²) in [6.07, 6.45) is 2.49. The van der Waals surface area contributed by atoms with Crippen molar-refractivity contribution in [2.24, 2.45) is 10.7 Å². The molecule has 0 aliphatic carbocycles. The van der Waals surface area contributed by atoms with Gasteiger partial charge in [-0.25, -0.2) is 0 Å². The number of aliphatic imine (C=N–C) groups is 1. The number of nitrogens with two attached hydrogens (primary N) is 1. The fourth-order valence-electron chi connectivity index (χ4n) is 0.381. The lowest BCUT2D eigenvalue weighted by Gasteiger charge is -1.93. The van der Waals surface area contributed by atoms with Crippen LogP contribution in [0.25, 0.3) is 0 Å². The van der Waals surface area contributed by atoms with Gasteiger partial charge in [0.05, 0.1) is 0 Å². The molecule has 0 rings (SSSR count). The van der Waals surface area contributed by atoms with Gasteiger partial charge in [0.1, 0.15) is 0 Å². The summed E-state index contributed by atoms with van der Waals surface area (Å²) in [5, 5.41) is 0. The Morgan fingerprint density at radius 2 is 2.33 bits per heavy atom. The minimum absolute atomic E-state index is 0.365. The molecule has 0 bridgehead atoms. The van der Waals surface area contributed by atoms with Gasteiger partial charge in [0, 0.05) is 24.4 Å². The maximum atomic E-state index is 5.29. The molecule has 0 fully saturated rings. The van der Waals surface area contributed by atoms with Crippen LogP contribution in [-0.2, 0) is 0 Å². The molecule has 0 aromatic rings. The first-order chi connectivity index (χ1) is 4.13. The number of rotatable bonds is 3. The first-order valence-electron chi connectivity index (χ1n) is 3.08. The summed E-state index contributed by atoms with van der Waals surface area (Å²) in [6, 6.07) is 0.365. The van der Waals surface area contributed by atoms with Crippen LogP contribution in [0, 0.1) is 0 Å². The van der Waals surface area contributed by atoms with Gasteiger partial charge >= 0.3 is 0 Å². The number of hydrogen-bond acceptors (Lipinski definition) is 2. The average Bonchev–Trinajstić information content (AvgIpc) is 1.63. The third kappa shape index (κ3) is 7.21. The van der Waals surface area contributed by atoms with Crippen LogP contribution in [-0.4, -0.2) is 12.3 Å². The predicted octanol–water partition coefficient (Wildman–Crippen LogP) is 1.33. The fourth-order valence-corrected chi connectivity index (χ4v) is 0.381. The zero-order chi connectivity index (χ0) is 7.28. The third-order valence-corrected chi connectivity index (χ3v) is 0.757. The van der Waals surface area contributed by atoms with Gasteiger partial charge in [-0.2, -0.15) is 0 Å². The summed E-state index contributed by atoms with van der Waals surface area (Å²) in [5.41, 5.74) is 5.96. The molecule has 0 aromatic carbocycles. The van der Waals surface area contributed by atoms with Gasteiger partial charge in [-0.15, -0.1) is 0 Å². The van der Waals surface area contributed by atoms with E-state index >= 15 is 0 Å². The van der Waals surface area contributed by atoms with Gasteiger partial charge in [-0.05, 0) is 13.8 Å². The summed E-state index contributed by atoms with van der Waals surface area (Å²) in [7, 11) is 0. The zero-order valence-corrected chi connectivity index (χ0v) is 6.09. The van der Waals surface area contributed by atoms with E-state index in [1.807, 2.05) is 13.8 Å². The zero-order valence-electron chi connectivity index (χ0n) is 6.09. The van der Waals surface area contributed by atoms with Crippen molar-refractivity contribution >= 4 is 6.21 Å². The highest BCUT2D eigenvalue weighted by Gasteiger charge is 1.83. The number of hydrogen-bond donors (Lipinski definition) is 1. The van der Waals surface area contributed by atoms with Crippen LogP contribution in [0.15, 0.2) is 17.3 Å². The first kappa shape index (κ1) is 8.21. The van der Waals surface area contributed by atoms with Crippen LogP contribution in [0.1, 0.15) is 20.3 Å². The second kappa shape index (κ2) is 4.13. The van der Waals surface area contributed by atoms with E-state index in [1.54, 1.807) is 6.21 Å². The van der Waals surface area contributed by atoms with E-state index in [2.05, 4.69) is 11.6 Å². The molecular formula is C7H14N2. The second-order valence-electron chi connectivity index (χ2n) is 2.29. The van der Waals surface area contributed by atoms with Gasteiger partial charge in [-0.3, -0.25) is 4.99 Å². The summed E-state index contributed by atoms with van der Waals surface area (Å²) >= 11 is 0. The first-order valence-corrected chi connectivity index (χ1v) is 3.08. The quantitative estimate of drug-likeness (QED) is 0.569. The topological polar surface area (TPSA) is 38.4 Å². The standard InChI is InChI=1S/C7H14N2/c1-6(2)9-5-4-7(3)8/h5-6H,3-4,8H2,1-2H3. The minimum Gasteiger partial charge on any atom is -0.402 e. The molecule has 9 heavy (non-hydrogen) atoms. The molecule has 0 atom stereocenters. The monoisotopic (exact) mass is 126 g/mol. The van der Waals surface area contributed by atoms with E-state index in [4.69, 9.17) is 5.73 Å². The molecule has 0 aliphatic rings. The Balaban J connectivity index is 3.36. The molecule has 0 unspecified atom stereocenters. The lowest BCUT2D eigenvalue weighted by molar-refractivity contribution is 0.837. The number of allylic oxidation sites excluding steroid dienone is 1. The fraction of sp³-hybridized carbons (Fsp3) is 0.571. The van der Waals surface area contributed by atoms with Crippen molar-refractivity contribution in [1.29, 1.82) is 0 Å². The van der Waals surface area contributed by atoms with E-state index in [0.29, 0.717) is 18.2 Å². The van der Waals surface area contributed by atoms with E-state index < -0.39 is 0 Å². The molecule has 2 heteroatoms. The SMILES string of the molecule is C=C(N)CC=NC(C)C. The molecule has 0 aromatic heterocycles. The van der Waals surface area contributed by atoms with Crippen molar-refractivity contribution in [2.45, 2.75) is 26.3 Å². The average molecular weight is 126 g/mol. The Hall–Kier alpha value is -0.790. The lowest BCUT2D eigenvalue weighted by Crippen LogP contribution is -1.96. The van der Waals surface area contributed by atoms with Gasteiger partial charge in [0.2, 0.25) is 0 Å². The smallest absolute Gasteiger partial charge is 0.0439 e. The van der Waals surface area contributed by atoms with Crippen molar-refractivity contribution in [1.82, 2.24) is 0 Å². The van der Waals surface area contributed by atoms with Gasteiger partial charge in [0.15, 0.2) is 0 Å². The van der Waals surface area contributed by atoms with E-state index in [9.17, 15) is 0 Å².